The van der Waals surface area contributed by atoms with Crippen molar-refractivity contribution in [3.63, 3.8) is 0 Å². The average molecular weight is 314 g/mol. The number of aromatic amines is 2. The lowest BCUT2D eigenvalue weighted by Crippen LogP contribution is -2.24. The lowest BCUT2D eigenvalue weighted by Gasteiger charge is -2.26. The van der Waals surface area contributed by atoms with Gasteiger partial charge in [0.05, 0.1) is 22.6 Å². The van der Waals surface area contributed by atoms with Crippen LogP contribution in [0.25, 0.3) is 10.9 Å². The molecular formula is C14H13F3N2O3. The molecular weight excluding hydrogens is 301 g/mol. The maximum atomic E-state index is 13.3. The molecule has 2 heterocycles. The van der Waals surface area contributed by atoms with Crippen LogP contribution in [0, 0.1) is 0 Å². The van der Waals surface area contributed by atoms with Crippen molar-refractivity contribution in [3.05, 3.63) is 44.1 Å². The molecule has 22 heavy (non-hydrogen) atoms. The van der Waals surface area contributed by atoms with Crippen LogP contribution in [0.15, 0.2) is 21.7 Å². The number of aromatic nitrogens is 2. The van der Waals surface area contributed by atoms with Gasteiger partial charge in [-0.2, -0.15) is 13.2 Å². The summed E-state index contributed by atoms with van der Waals surface area (Å²) in [6.07, 6.45) is -3.25. The number of hydrogen-bond acceptors (Lipinski definition) is 3. The molecule has 0 aliphatic carbocycles. The highest BCUT2D eigenvalue weighted by Crippen LogP contribution is 2.39. The lowest BCUT2D eigenvalue weighted by molar-refractivity contribution is -0.139. The third kappa shape index (κ3) is 2.66. The number of fused-ring (bicyclic) bond motifs is 1. The fourth-order valence-corrected chi connectivity index (χ4v) is 2.73. The number of H-pyrrole nitrogens is 2. The summed E-state index contributed by atoms with van der Waals surface area (Å²) in [6.45, 7) is 0.391. The Bertz CT molecular complexity index is 817. The summed E-state index contributed by atoms with van der Waals surface area (Å²) in [4.78, 5) is 27.3. The van der Waals surface area contributed by atoms with Crippen LogP contribution in [0.5, 0.6) is 0 Å². The van der Waals surface area contributed by atoms with Crippen molar-refractivity contribution in [2.75, 3.05) is 6.61 Å². The minimum atomic E-state index is -4.59. The molecule has 1 aromatic heterocycles. The van der Waals surface area contributed by atoms with Gasteiger partial charge >= 0.3 is 11.9 Å². The second-order valence-corrected chi connectivity index (χ2v) is 5.25. The van der Waals surface area contributed by atoms with Crippen molar-refractivity contribution in [3.8, 4) is 0 Å². The molecule has 0 amide bonds. The summed E-state index contributed by atoms with van der Waals surface area (Å²) in [5, 5.41) is 0.0109. The standard InChI is InChI=1S/C14H13F3N2O3/c15-14(16,17)9-6-10-8(12(20)19-13(21)18-10)5-7(9)11-3-1-2-4-22-11/h5-6,11H,1-4H2,(H2,18,19,20,21). The van der Waals surface area contributed by atoms with Gasteiger partial charge in [-0.3, -0.25) is 9.78 Å². The van der Waals surface area contributed by atoms with Crippen molar-refractivity contribution in [1.29, 1.82) is 0 Å². The summed E-state index contributed by atoms with van der Waals surface area (Å²) >= 11 is 0. The predicted octanol–water partition coefficient (Wildman–Crippen LogP) is 2.48. The van der Waals surface area contributed by atoms with Gasteiger partial charge < -0.3 is 9.72 Å². The van der Waals surface area contributed by atoms with Gasteiger partial charge in [0.25, 0.3) is 5.56 Å². The molecule has 0 spiro atoms. The molecule has 1 saturated heterocycles. The maximum Gasteiger partial charge on any atom is 0.416 e. The van der Waals surface area contributed by atoms with Gasteiger partial charge in [-0.15, -0.1) is 0 Å². The van der Waals surface area contributed by atoms with E-state index in [1.165, 1.54) is 6.07 Å². The van der Waals surface area contributed by atoms with E-state index in [9.17, 15) is 22.8 Å². The molecule has 118 valence electrons. The van der Waals surface area contributed by atoms with E-state index in [0.717, 1.165) is 18.9 Å². The number of ether oxygens (including phenoxy) is 1. The molecule has 1 aromatic carbocycles. The molecule has 2 aromatic rings. The first kappa shape index (κ1) is 14.8. The minimum absolute atomic E-state index is 0.0109. The Morgan fingerprint density at radius 3 is 2.55 bits per heavy atom. The van der Waals surface area contributed by atoms with E-state index < -0.39 is 29.1 Å². The van der Waals surface area contributed by atoms with Crippen LogP contribution in [0.1, 0.15) is 36.5 Å². The molecule has 5 nitrogen and oxygen atoms in total. The summed E-state index contributed by atoms with van der Waals surface area (Å²) in [6, 6.07) is 1.97. The molecule has 1 fully saturated rings. The highest BCUT2D eigenvalue weighted by atomic mass is 19.4. The SMILES string of the molecule is O=c1[nH]c(=O)c2cc(C3CCCCO3)c(C(F)(F)F)cc2[nH]1. The number of hydrogen-bond donors (Lipinski definition) is 2. The zero-order valence-electron chi connectivity index (χ0n) is 11.4. The molecule has 1 unspecified atom stereocenters. The van der Waals surface area contributed by atoms with E-state index in [1.807, 2.05) is 4.98 Å². The van der Waals surface area contributed by atoms with Crippen molar-refractivity contribution in [1.82, 2.24) is 9.97 Å². The van der Waals surface area contributed by atoms with Gasteiger partial charge in [0.2, 0.25) is 0 Å². The fraction of sp³-hybridized carbons (Fsp3) is 0.429. The third-order valence-corrected chi connectivity index (χ3v) is 3.74. The summed E-state index contributed by atoms with van der Waals surface area (Å²) in [7, 11) is 0. The van der Waals surface area contributed by atoms with Crippen LogP contribution < -0.4 is 11.2 Å². The average Bonchev–Trinajstić information content (AvgIpc) is 2.46. The van der Waals surface area contributed by atoms with Crippen LogP contribution in [0.4, 0.5) is 13.2 Å². The van der Waals surface area contributed by atoms with Crippen molar-refractivity contribution >= 4 is 10.9 Å². The van der Waals surface area contributed by atoms with Crippen molar-refractivity contribution < 1.29 is 17.9 Å². The number of alkyl halides is 3. The first-order valence-electron chi connectivity index (χ1n) is 6.85. The van der Waals surface area contributed by atoms with Crippen LogP contribution in [-0.2, 0) is 10.9 Å². The third-order valence-electron chi connectivity index (χ3n) is 3.74. The van der Waals surface area contributed by atoms with Gasteiger partial charge in [-0.05, 0) is 37.0 Å². The zero-order chi connectivity index (χ0) is 15.9. The quantitative estimate of drug-likeness (QED) is 0.849. The predicted molar refractivity (Wildman–Crippen MR) is 72.7 cm³/mol. The van der Waals surface area contributed by atoms with Gasteiger partial charge in [0, 0.05) is 6.61 Å². The zero-order valence-corrected chi connectivity index (χ0v) is 11.4. The highest BCUT2D eigenvalue weighted by Gasteiger charge is 2.36. The number of nitrogens with one attached hydrogen (secondary N) is 2. The molecule has 8 heteroatoms. The molecule has 1 aliphatic heterocycles. The smallest absolute Gasteiger partial charge is 0.374 e. The first-order chi connectivity index (χ1) is 10.4. The summed E-state index contributed by atoms with van der Waals surface area (Å²) in [5.41, 5.74) is -2.64. The van der Waals surface area contributed by atoms with Gasteiger partial charge in [-0.1, -0.05) is 0 Å². The second-order valence-electron chi connectivity index (χ2n) is 5.25. The molecule has 1 aliphatic rings. The van der Waals surface area contributed by atoms with E-state index >= 15 is 0 Å². The Morgan fingerprint density at radius 1 is 1.14 bits per heavy atom. The van der Waals surface area contributed by atoms with Crippen LogP contribution >= 0.6 is 0 Å². The molecule has 0 bridgehead atoms. The Kier molecular flexibility index (Phi) is 3.56. The lowest BCUT2D eigenvalue weighted by atomic mass is 9.95. The normalized spacial score (nSPS) is 19.5. The van der Waals surface area contributed by atoms with E-state index in [0.29, 0.717) is 13.0 Å². The number of rotatable bonds is 1. The first-order valence-corrected chi connectivity index (χ1v) is 6.85. The molecule has 3 rings (SSSR count). The fourth-order valence-electron chi connectivity index (χ4n) is 2.73. The molecule has 0 saturated carbocycles. The molecule has 0 radical (unpaired) electrons. The highest BCUT2D eigenvalue weighted by molar-refractivity contribution is 5.79. The monoisotopic (exact) mass is 314 g/mol. The van der Waals surface area contributed by atoms with E-state index in [2.05, 4.69) is 4.98 Å². The number of halogens is 3. The Morgan fingerprint density at radius 2 is 1.91 bits per heavy atom. The summed E-state index contributed by atoms with van der Waals surface area (Å²) < 4.78 is 45.3. The van der Waals surface area contributed by atoms with Crippen molar-refractivity contribution in [2.45, 2.75) is 31.5 Å². The second kappa shape index (κ2) is 5.28. The molecule has 2 N–H and O–H groups in total. The van der Waals surface area contributed by atoms with Gasteiger partial charge in [-0.25, -0.2) is 4.79 Å². The number of benzene rings is 1. The van der Waals surface area contributed by atoms with Crippen LogP contribution in [-0.4, -0.2) is 16.6 Å². The van der Waals surface area contributed by atoms with Crippen LogP contribution in [0.3, 0.4) is 0 Å². The van der Waals surface area contributed by atoms with Crippen molar-refractivity contribution in [2.24, 2.45) is 0 Å². The Hall–Kier alpha value is -2.09. The van der Waals surface area contributed by atoms with E-state index in [4.69, 9.17) is 4.74 Å². The Labute approximate surface area is 122 Å². The van der Waals surface area contributed by atoms with E-state index in [-0.39, 0.29) is 16.5 Å². The topological polar surface area (TPSA) is 74.9 Å². The largest absolute Gasteiger partial charge is 0.416 e. The van der Waals surface area contributed by atoms with Gasteiger partial charge in [0.15, 0.2) is 0 Å². The summed E-state index contributed by atoms with van der Waals surface area (Å²) in [5.74, 6) is 0. The van der Waals surface area contributed by atoms with E-state index in [1.54, 1.807) is 0 Å². The minimum Gasteiger partial charge on any atom is -0.374 e. The maximum absolute atomic E-state index is 13.3. The van der Waals surface area contributed by atoms with Gasteiger partial charge in [0.1, 0.15) is 0 Å². The van der Waals surface area contributed by atoms with Crippen LogP contribution in [0.2, 0.25) is 0 Å². The molecule has 1 atom stereocenters. The Balaban J connectivity index is 2.28.